The molecule has 2 aromatic rings. The number of hydrogen-bond acceptors (Lipinski definition) is 1. The lowest BCUT2D eigenvalue weighted by atomic mass is 9.99. The summed E-state index contributed by atoms with van der Waals surface area (Å²) in [6.07, 6.45) is 5.43. The molecule has 19 heavy (non-hydrogen) atoms. The summed E-state index contributed by atoms with van der Waals surface area (Å²) in [5, 5.41) is 5.17. The molecule has 3 nitrogen and oxygen atoms in total. The number of aromatic nitrogens is 1. The molecular weight excluding hydrogens is 254 g/mol. The third-order valence-electron chi connectivity index (χ3n) is 3.65. The second-order valence-corrected chi connectivity index (χ2v) is 5.12. The third-order valence-corrected chi connectivity index (χ3v) is 4.11. The molecule has 0 unspecified atom stereocenters. The Morgan fingerprint density at radius 3 is 2.95 bits per heavy atom. The molecule has 0 spiro atoms. The molecule has 0 amide bonds. The van der Waals surface area contributed by atoms with Gasteiger partial charge in [0, 0.05) is 42.8 Å². The summed E-state index contributed by atoms with van der Waals surface area (Å²) < 4.78 is 0. The lowest BCUT2D eigenvalue weighted by Gasteiger charge is -2.28. The van der Waals surface area contributed by atoms with Gasteiger partial charge in [-0.2, -0.15) is 0 Å². The van der Waals surface area contributed by atoms with E-state index in [0.717, 1.165) is 24.6 Å². The lowest BCUT2D eigenvalue weighted by Crippen LogP contribution is -2.40. The standard InChI is InChI=1S/C15H17N3S/c1-16-15(19)18-8-6-11(7-9-18)13-10-17-14-5-3-2-4-12(13)14/h2-6,10,17H,7-9H2,1H3,(H,16,19). The van der Waals surface area contributed by atoms with E-state index >= 15 is 0 Å². The molecule has 1 aliphatic rings. The number of nitrogens with zero attached hydrogens (tertiary/aromatic N) is 1. The Morgan fingerprint density at radius 2 is 2.21 bits per heavy atom. The number of H-pyrrole nitrogens is 1. The van der Waals surface area contributed by atoms with Gasteiger partial charge in [-0.25, -0.2) is 0 Å². The van der Waals surface area contributed by atoms with E-state index < -0.39 is 0 Å². The first-order valence-corrected chi connectivity index (χ1v) is 6.92. The number of thiocarbonyl (C=S) groups is 1. The topological polar surface area (TPSA) is 31.1 Å². The van der Waals surface area contributed by atoms with Crippen LogP contribution in [0, 0.1) is 0 Å². The minimum Gasteiger partial charge on any atom is -0.366 e. The van der Waals surface area contributed by atoms with E-state index in [4.69, 9.17) is 12.2 Å². The number of para-hydroxylation sites is 1. The monoisotopic (exact) mass is 271 g/mol. The molecule has 2 N–H and O–H groups in total. The molecule has 0 aliphatic carbocycles. The zero-order valence-electron chi connectivity index (χ0n) is 10.9. The Balaban J connectivity index is 1.88. The molecule has 3 rings (SSSR count). The normalized spacial score (nSPS) is 15.4. The molecule has 0 bridgehead atoms. The highest BCUT2D eigenvalue weighted by Crippen LogP contribution is 2.28. The van der Waals surface area contributed by atoms with E-state index in [2.05, 4.69) is 51.7 Å². The Bertz CT molecular complexity index is 642. The second kappa shape index (κ2) is 5.05. The summed E-state index contributed by atoms with van der Waals surface area (Å²) in [5.74, 6) is 0. The van der Waals surface area contributed by atoms with Gasteiger partial charge in [-0.1, -0.05) is 24.3 Å². The predicted molar refractivity (Wildman–Crippen MR) is 84.1 cm³/mol. The van der Waals surface area contributed by atoms with Gasteiger partial charge in [0.1, 0.15) is 0 Å². The highest BCUT2D eigenvalue weighted by atomic mass is 32.1. The molecular formula is C15H17N3S. The van der Waals surface area contributed by atoms with E-state index in [1.165, 1.54) is 22.0 Å². The van der Waals surface area contributed by atoms with Crippen molar-refractivity contribution in [2.24, 2.45) is 0 Å². The van der Waals surface area contributed by atoms with Crippen LogP contribution in [0.25, 0.3) is 16.5 Å². The molecule has 0 saturated heterocycles. The zero-order chi connectivity index (χ0) is 13.2. The van der Waals surface area contributed by atoms with Crippen molar-refractivity contribution in [3.8, 4) is 0 Å². The van der Waals surface area contributed by atoms with Crippen LogP contribution in [0.4, 0.5) is 0 Å². The minimum absolute atomic E-state index is 0.828. The van der Waals surface area contributed by atoms with Crippen LogP contribution in [0.15, 0.2) is 36.5 Å². The van der Waals surface area contributed by atoms with Gasteiger partial charge in [0.25, 0.3) is 0 Å². The van der Waals surface area contributed by atoms with Gasteiger partial charge in [0.2, 0.25) is 0 Å². The van der Waals surface area contributed by atoms with Crippen LogP contribution in [0.2, 0.25) is 0 Å². The lowest BCUT2D eigenvalue weighted by molar-refractivity contribution is 0.455. The second-order valence-electron chi connectivity index (χ2n) is 4.73. The van der Waals surface area contributed by atoms with Gasteiger partial charge < -0.3 is 15.2 Å². The van der Waals surface area contributed by atoms with E-state index in [1.807, 2.05) is 7.05 Å². The number of benzene rings is 1. The van der Waals surface area contributed by atoms with Crippen molar-refractivity contribution < 1.29 is 0 Å². The summed E-state index contributed by atoms with van der Waals surface area (Å²) >= 11 is 5.27. The van der Waals surface area contributed by atoms with Gasteiger partial charge >= 0.3 is 0 Å². The SMILES string of the molecule is CNC(=S)N1CC=C(c2c[nH]c3ccccc23)CC1. The fourth-order valence-corrected chi connectivity index (χ4v) is 2.76. The van der Waals surface area contributed by atoms with Crippen molar-refractivity contribution in [1.82, 2.24) is 15.2 Å². The summed E-state index contributed by atoms with van der Waals surface area (Å²) in [6, 6.07) is 8.44. The van der Waals surface area contributed by atoms with Crippen LogP contribution in [-0.4, -0.2) is 35.1 Å². The molecule has 1 aromatic heterocycles. The molecule has 98 valence electrons. The molecule has 0 atom stereocenters. The highest BCUT2D eigenvalue weighted by molar-refractivity contribution is 7.80. The van der Waals surface area contributed by atoms with Gasteiger partial charge in [-0.15, -0.1) is 0 Å². The van der Waals surface area contributed by atoms with Crippen LogP contribution < -0.4 is 5.32 Å². The van der Waals surface area contributed by atoms with E-state index in [9.17, 15) is 0 Å². The van der Waals surface area contributed by atoms with Crippen molar-refractivity contribution in [3.05, 3.63) is 42.1 Å². The predicted octanol–water partition coefficient (Wildman–Crippen LogP) is 2.76. The highest BCUT2D eigenvalue weighted by Gasteiger charge is 2.16. The maximum atomic E-state index is 5.27. The Morgan fingerprint density at radius 1 is 1.37 bits per heavy atom. The smallest absolute Gasteiger partial charge is 0.168 e. The Hall–Kier alpha value is -1.81. The molecule has 2 heterocycles. The van der Waals surface area contributed by atoms with Crippen molar-refractivity contribution in [2.45, 2.75) is 6.42 Å². The van der Waals surface area contributed by atoms with Gasteiger partial charge in [0.05, 0.1) is 0 Å². The molecule has 0 fully saturated rings. The number of hydrogen-bond donors (Lipinski definition) is 2. The molecule has 1 aromatic carbocycles. The largest absolute Gasteiger partial charge is 0.366 e. The number of rotatable bonds is 1. The average Bonchev–Trinajstić information content (AvgIpc) is 2.90. The van der Waals surface area contributed by atoms with Crippen LogP contribution in [0.5, 0.6) is 0 Å². The fourth-order valence-electron chi connectivity index (χ4n) is 2.59. The van der Waals surface area contributed by atoms with E-state index in [-0.39, 0.29) is 0 Å². The average molecular weight is 271 g/mol. The first-order valence-electron chi connectivity index (χ1n) is 6.52. The number of nitrogens with one attached hydrogen (secondary N) is 2. The van der Waals surface area contributed by atoms with Crippen LogP contribution in [0.3, 0.4) is 0 Å². The van der Waals surface area contributed by atoms with Crippen LogP contribution in [0.1, 0.15) is 12.0 Å². The summed E-state index contributed by atoms with van der Waals surface area (Å²) in [5.41, 5.74) is 3.94. The van der Waals surface area contributed by atoms with Crippen molar-refractivity contribution in [3.63, 3.8) is 0 Å². The van der Waals surface area contributed by atoms with Crippen LogP contribution >= 0.6 is 12.2 Å². The third kappa shape index (κ3) is 2.24. The quantitative estimate of drug-likeness (QED) is 0.782. The summed E-state index contributed by atoms with van der Waals surface area (Å²) in [6.45, 7) is 1.86. The Labute approximate surface area is 118 Å². The van der Waals surface area contributed by atoms with Crippen molar-refractivity contribution in [1.29, 1.82) is 0 Å². The minimum atomic E-state index is 0.828. The van der Waals surface area contributed by atoms with Crippen molar-refractivity contribution in [2.75, 3.05) is 20.1 Å². The molecule has 0 radical (unpaired) electrons. The molecule has 0 saturated carbocycles. The van der Waals surface area contributed by atoms with Gasteiger partial charge in [0.15, 0.2) is 5.11 Å². The first-order chi connectivity index (χ1) is 9.29. The Kier molecular flexibility index (Phi) is 3.25. The summed E-state index contributed by atoms with van der Waals surface area (Å²) in [4.78, 5) is 5.53. The zero-order valence-corrected chi connectivity index (χ0v) is 11.8. The molecule has 1 aliphatic heterocycles. The maximum Gasteiger partial charge on any atom is 0.168 e. The van der Waals surface area contributed by atoms with Crippen molar-refractivity contribution >= 4 is 33.8 Å². The van der Waals surface area contributed by atoms with Crippen LogP contribution in [-0.2, 0) is 0 Å². The number of fused-ring (bicyclic) bond motifs is 1. The maximum absolute atomic E-state index is 5.27. The fraction of sp³-hybridized carbons (Fsp3) is 0.267. The first kappa shape index (κ1) is 12.2. The van der Waals surface area contributed by atoms with E-state index in [1.54, 1.807) is 0 Å². The van der Waals surface area contributed by atoms with Gasteiger partial charge in [-0.05, 0) is 30.3 Å². The molecule has 4 heteroatoms. The summed E-state index contributed by atoms with van der Waals surface area (Å²) in [7, 11) is 1.88. The van der Waals surface area contributed by atoms with Gasteiger partial charge in [-0.3, -0.25) is 0 Å². The van der Waals surface area contributed by atoms with E-state index in [0.29, 0.717) is 0 Å². The number of aromatic amines is 1.